The molecule has 0 aliphatic heterocycles. The smallest absolute Gasteiger partial charge is 0.320 e. The van der Waals surface area contributed by atoms with Crippen LogP contribution in [0.2, 0.25) is 0 Å². The molecule has 1 heterocycles. The van der Waals surface area contributed by atoms with Gasteiger partial charge in [0.15, 0.2) is 5.69 Å². The average Bonchev–Trinajstić information content (AvgIpc) is 3.03. The summed E-state index contributed by atoms with van der Waals surface area (Å²) >= 11 is 0. The van der Waals surface area contributed by atoms with Gasteiger partial charge in [-0.3, -0.25) is 14.9 Å². The molecule has 0 radical (unpaired) electrons. The van der Waals surface area contributed by atoms with Gasteiger partial charge in [0, 0.05) is 23.5 Å². The number of halogens is 3. The molecule has 2 aromatic carbocycles. The van der Waals surface area contributed by atoms with E-state index in [4.69, 9.17) is 0 Å². The molecule has 3 aromatic rings. The van der Waals surface area contributed by atoms with E-state index in [0.29, 0.717) is 5.69 Å². The van der Waals surface area contributed by atoms with Crippen LogP contribution in [0.1, 0.15) is 21.7 Å². The van der Waals surface area contributed by atoms with Crippen molar-refractivity contribution in [2.75, 3.05) is 5.32 Å². The number of hydrogen-bond acceptors (Lipinski definition) is 4. The SMILES string of the molecule is Cc1cc(C(=O)Nc2cccc([N+](=O)[O-])c2)nn1-c1cccc(C(F)(F)F)c1. The Morgan fingerprint density at radius 1 is 1.14 bits per heavy atom. The Morgan fingerprint density at radius 2 is 1.86 bits per heavy atom. The van der Waals surface area contributed by atoms with Crippen LogP contribution < -0.4 is 5.32 Å². The van der Waals surface area contributed by atoms with Gasteiger partial charge < -0.3 is 5.32 Å². The number of non-ortho nitro benzene ring substituents is 1. The summed E-state index contributed by atoms with van der Waals surface area (Å²) in [6.45, 7) is 1.59. The van der Waals surface area contributed by atoms with Gasteiger partial charge in [-0.2, -0.15) is 18.3 Å². The standard InChI is InChI=1S/C18H13F3N4O3/c1-11-8-16(17(26)22-13-5-3-7-15(10-13)25(27)28)23-24(11)14-6-2-4-12(9-14)18(19,20)21/h2-10H,1H3,(H,22,26). The van der Waals surface area contributed by atoms with E-state index < -0.39 is 22.6 Å². The van der Waals surface area contributed by atoms with Gasteiger partial charge in [0.1, 0.15) is 0 Å². The van der Waals surface area contributed by atoms with Gasteiger partial charge in [-0.1, -0.05) is 12.1 Å². The first-order chi connectivity index (χ1) is 13.1. The highest BCUT2D eigenvalue weighted by Gasteiger charge is 2.30. The Morgan fingerprint density at radius 3 is 2.54 bits per heavy atom. The van der Waals surface area contributed by atoms with Crippen molar-refractivity contribution in [2.24, 2.45) is 0 Å². The topological polar surface area (TPSA) is 90.1 Å². The number of rotatable bonds is 4. The van der Waals surface area contributed by atoms with Crippen molar-refractivity contribution >= 4 is 17.3 Å². The van der Waals surface area contributed by atoms with E-state index in [1.807, 2.05) is 0 Å². The Labute approximate surface area is 156 Å². The van der Waals surface area contributed by atoms with Crippen molar-refractivity contribution in [3.05, 3.63) is 81.7 Å². The normalized spacial score (nSPS) is 11.3. The number of anilines is 1. The molecule has 0 fully saturated rings. The van der Waals surface area contributed by atoms with E-state index in [0.717, 1.165) is 12.1 Å². The minimum atomic E-state index is -4.50. The van der Waals surface area contributed by atoms with Crippen molar-refractivity contribution in [1.29, 1.82) is 0 Å². The minimum absolute atomic E-state index is 0.0404. The summed E-state index contributed by atoms with van der Waals surface area (Å²) in [4.78, 5) is 22.6. The number of amides is 1. The van der Waals surface area contributed by atoms with Crippen LogP contribution in [-0.2, 0) is 6.18 Å². The maximum absolute atomic E-state index is 12.9. The monoisotopic (exact) mass is 390 g/mol. The second-order valence-electron chi connectivity index (χ2n) is 5.89. The molecular formula is C18H13F3N4O3. The number of nitro benzene ring substituents is 1. The number of alkyl halides is 3. The summed E-state index contributed by atoms with van der Waals surface area (Å²) in [6.07, 6.45) is -4.50. The lowest BCUT2D eigenvalue weighted by atomic mass is 10.2. The highest BCUT2D eigenvalue weighted by atomic mass is 19.4. The maximum Gasteiger partial charge on any atom is 0.416 e. The number of nitrogens with one attached hydrogen (secondary N) is 1. The highest BCUT2D eigenvalue weighted by Crippen LogP contribution is 2.30. The summed E-state index contributed by atoms with van der Waals surface area (Å²) in [5, 5.41) is 17.4. The number of nitro groups is 1. The van der Waals surface area contributed by atoms with Crippen LogP contribution in [0.5, 0.6) is 0 Å². The molecule has 28 heavy (non-hydrogen) atoms. The fourth-order valence-corrected chi connectivity index (χ4v) is 2.55. The molecule has 1 aromatic heterocycles. The molecule has 0 saturated carbocycles. The van der Waals surface area contributed by atoms with Gasteiger partial charge in [-0.15, -0.1) is 0 Å². The molecule has 0 atom stereocenters. The zero-order chi connectivity index (χ0) is 20.5. The quantitative estimate of drug-likeness (QED) is 0.529. The van der Waals surface area contributed by atoms with Crippen molar-refractivity contribution in [1.82, 2.24) is 9.78 Å². The predicted octanol–water partition coefficient (Wildman–Crippen LogP) is 4.36. The molecule has 1 N–H and O–H groups in total. The number of nitrogens with zero attached hydrogens (tertiary/aromatic N) is 3. The lowest BCUT2D eigenvalue weighted by Crippen LogP contribution is -2.13. The van der Waals surface area contributed by atoms with Crippen LogP contribution in [0.25, 0.3) is 5.69 Å². The first-order valence-corrected chi connectivity index (χ1v) is 7.95. The van der Waals surface area contributed by atoms with Gasteiger partial charge in [0.25, 0.3) is 11.6 Å². The first kappa shape index (κ1) is 19.1. The molecule has 0 unspecified atom stereocenters. The number of carbonyl (C=O) groups is 1. The van der Waals surface area contributed by atoms with Gasteiger partial charge in [0.2, 0.25) is 0 Å². The zero-order valence-corrected chi connectivity index (χ0v) is 14.4. The number of carbonyl (C=O) groups excluding carboxylic acids is 1. The van der Waals surface area contributed by atoms with Gasteiger partial charge in [0.05, 0.1) is 16.2 Å². The van der Waals surface area contributed by atoms with Crippen molar-refractivity contribution in [3.63, 3.8) is 0 Å². The number of hydrogen-bond donors (Lipinski definition) is 1. The Bertz CT molecular complexity index is 1060. The van der Waals surface area contributed by atoms with Crippen LogP contribution in [0.3, 0.4) is 0 Å². The fraction of sp³-hybridized carbons (Fsp3) is 0.111. The third-order valence-electron chi connectivity index (χ3n) is 3.85. The Hall–Kier alpha value is -3.69. The van der Waals surface area contributed by atoms with E-state index in [1.54, 1.807) is 6.92 Å². The molecule has 144 valence electrons. The molecule has 0 aliphatic carbocycles. The number of benzene rings is 2. The molecule has 0 aliphatic rings. The largest absolute Gasteiger partial charge is 0.416 e. The second kappa shape index (κ2) is 7.14. The van der Waals surface area contributed by atoms with E-state index >= 15 is 0 Å². The second-order valence-corrected chi connectivity index (χ2v) is 5.89. The molecule has 1 amide bonds. The van der Waals surface area contributed by atoms with Gasteiger partial charge >= 0.3 is 6.18 Å². The summed E-state index contributed by atoms with van der Waals surface area (Å²) < 4.78 is 39.9. The van der Waals surface area contributed by atoms with E-state index in [1.165, 1.54) is 47.1 Å². The molecule has 0 spiro atoms. The van der Waals surface area contributed by atoms with E-state index in [-0.39, 0.29) is 22.8 Å². The third kappa shape index (κ3) is 4.00. The zero-order valence-electron chi connectivity index (χ0n) is 14.4. The molecular weight excluding hydrogens is 377 g/mol. The van der Waals surface area contributed by atoms with E-state index in [2.05, 4.69) is 10.4 Å². The van der Waals surface area contributed by atoms with Crippen LogP contribution in [0.4, 0.5) is 24.5 Å². The molecule has 0 bridgehead atoms. The molecule has 3 rings (SSSR count). The third-order valence-corrected chi connectivity index (χ3v) is 3.85. The lowest BCUT2D eigenvalue weighted by molar-refractivity contribution is -0.384. The van der Waals surface area contributed by atoms with Gasteiger partial charge in [-0.25, -0.2) is 4.68 Å². The average molecular weight is 390 g/mol. The van der Waals surface area contributed by atoms with E-state index in [9.17, 15) is 28.1 Å². The summed E-state index contributed by atoms with van der Waals surface area (Å²) in [6, 6.07) is 11.3. The Kier molecular flexibility index (Phi) is 4.87. The first-order valence-electron chi connectivity index (χ1n) is 7.95. The van der Waals surface area contributed by atoms with Gasteiger partial charge in [-0.05, 0) is 37.3 Å². The van der Waals surface area contributed by atoms with Crippen LogP contribution in [0, 0.1) is 17.0 Å². The number of aromatic nitrogens is 2. The fourth-order valence-electron chi connectivity index (χ4n) is 2.55. The maximum atomic E-state index is 12.9. The lowest BCUT2D eigenvalue weighted by Gasteiger charge is -2.09. The van der Waals surface area contributed by atoms with Crippen LogP contribution >= 0.6 is 0 Å². The van der Waals surface area contributed by atoms with Crippen molar-refractivity contribution < 1.29 is 22.9 Å². The van der Waals surface area contributed by atoms with Crippen molar-refractivity contribution in [2.45, 2.75) is 13.1 Å². The van der Waals surface area contributed by atoms with Crippen LogP contribution in [0.15, 0.2) is 54.6 Å². The highest BCUT2D eigenvalue weighted by molar-refractivity contribution is 6.03. The Balaban J connectivity index is 1.87. The predicted molar refractivity (Wildman–Crippen MR) is 94.4 cm³/mol. The molecule has 7 nitrogen and oxygen atoms in total. The molecule has 0 saturated heterocycles. The van der Waals surface area contributed by atoms with Crippen molar-refractivity contribution in [3.8, 4) is 5.69 Å². The minimum Gasteiger partial charge on any atom is -0.320 e. The summed E-state index contributed by atoms with van der Waals surface area (Å²) in [5.74, 6) is -0.644. The summed E-state index contributed by atoms with van der Waals surface area (Å²) in [5.41, 5.74) is -0.261. The molecule has 10 heteroatoms. The summed E-state index contributed by atoms with van der Waals surface area (Å²) in [7, 11) is 0. The number of aryl methyl sites for hydroxylation is 1. The van der Waals surface area contributed by atoms with Crippen LogP contribution in [-0.4, -0.2) is 20.6 Å².